The van der Waals surface area contributed by atoms with Crippen molar-refractivity contribution in [1.82, 2.24) is 0 Å². The van der Waals surface area contributed by atoms with E-state index in [0.29, 0.717) is 0 Å². The van der Waals surface area contributed by atoms with Gasteiger partial charge in [-0.1, -0.05) is 30.3 Å². The molecule has 14 heavy (non-hydrogen) atoms. The SMILES string of the molecule is [NH3+]c1cccc2c1oc1ccccc12. The number of hydrogen-bond donors (Lipinski definition) is 1. The zero-order chi connectivity index (χ0) is 9.54. The van der Waals surface area contributed by atoms with Gasteiger partial charge in [-0.2, -0.15) is 0 Å². The Balaban J connectivity index is 2.63. The summed E-state index contributed by atoms with van der Waals surface area (Å²) in [7, 11) is 0. The van der Waals surface area contributed by atoms with Crippen LogP contribution in [0.4, 0.5) is 5.69 Å². The van der Waals surface area contributed by atoms with E-state index in [0.717, 1.165) is 27.6 Å². The van der Waals surface area contributed by atoms with E-state index in [2.05, 4.69) is 17.9 Å². The van der Waals surface area contributed by atoms with Crippen LogP contribution in [0.3, 0.4) is 0 Å². The third kappa shape index (κ3) is 0.887. The highest BCUT2D eigenvalue weighted by Gasteiger charge is 2.09. The fourth-order valence-corrected chi connectivity index (χ4v) is 1.81. The Labute approximate surface area is 80.9 Å². The van der Waals surface area contributed by atoms with Gasteiger partial charge in [0.05, 0.1) is 0 Å². The summed E-state index contributed by atoms with van der Waals surface area (Å²) in [5, 5.41) is 2.31. The first-order chi connectivity index (χ1) is 6.86. The molecule has 0 bridgehead atoms. The molecule has 3 aromatic rings. The first-order valence-electron chi connectivity index (χ1n) is 4.58. The summed E-state index contributed by atoms with van der Waals surface area (Å²) in [6, 6.07) is 14.1. The van der Waals surface area contributed by atoms with Crippen molar-refractivity contribution in [3.05, 3.63) is 42.5 Å². The molecule has 0 saturated carbocycles. The van der Waals surface area contributed by atoms with Crippen LogP contribution in [0.15, 0.2) is 46.9 Å². The summed E-state index contributed by atoms with van der Waals surface area (Å²) in [5.74, 6) is 0. The predicted molar refractivity (Wildman–Crippen MR) is 56.3 cm³/mol. The lowest BCUT2D eigenvalue weighted by Gasteiger charge is -1.88. The second-order valence-corrected chi connectivity index (χ2v) is 3.39. The van der Waals surface area contributed by atoms with Crippen molar-refractivity contribution in [2.24, 2.45) is 0 Å². The van der Waals surface area contributed by atoms with Crippen molar-refractivity contribution in [1.29, 1.82) is 0 Å². The number of quaternary nitrogens is 1. The molecule has 3 N–H and O–H groups in total. The Kier molecular flexibility index (Phi) is 1.41. The number of furan rings is 1. The molecule has 3 rings (SSSR count). The van der Waals surface area contributed by atoms with Crippen LogP contribution >= 0.6 is 0 Å². The molecule has 2 heteroatoms. The molecular weight excluding hydrogens is 174 g/mol. The second kappa shape index (κ2) is 2.59. The first kappa shape index (κ1) is 7.59. The minimum absolute atomic E-state index is 0.897. The van der Waals surface area contributed by atoms with Gasteiger partial charge in [0.1, 0.15) is 5.58 Å². The minimum Gasteiger partial charge on any atom is -0.450 e. The minimum atomic E-state index is 0.897. The topological polar surface area (TPSA) is 40.8 Å². The zero-order valence-corrected chi connectivity index (χ0v) is 7.66. The van der Waals surface area contributed by atoms with E-state index < -0.39 is 0 Å². The summed E-state index contributed by atoms with van der Waals surface area (Å²) >= 11 is 0. The summed E-state index contributed by atoms with van der Waals surface area (Å²) in [5.41, 5.74) is 6.72. The molecule has 0 atom stereocenters. The molecule has 0 aliphatic rings. The van der Waals surface area contributed by atoms with E-state index in [9.17, 15) is 0 Å². The Morgan fingerprint density at radius 1 is 0.857 bits per heavy atom. The lowest BCUT2D eigenvalue weighted by Crippen LogP contribution is -2.40. The summed E-state index contributed by atoms with van der Waals surface area (Å²) in [6.07, 6.45) is 0. The molecule has 0 unspecified atom stereocenters. The highest BCUT2D eigenvalue weighted by Crippen LogP contribution is 2.30. The lowest BCUT2D eigenvalue weighted by molar-refractivity contribution is -0.253. The monoisotopic (exact) mass is 184 g/mol. The molecule has 0 amide bonds. The van der Waals surface area contributed by atoms with Crippen LogP contribution in [0.2, 0.25) is 0 Å². The van der Waals surface area contributed by atoms with Crippen LogP contribution in [-0.4, -0.2) is 0 Å². The van der Waals surface area contributed by atoms with Crippen LogP contribution in [-0.2, 0) is 0 Å². The normalized spacial score (nSPS) is 11.2. The smallest absolute Gasteiger partial charge is 0.195 e. The fourth-order valence-electron chi connectivity index (χ4n) is 1.81. The fraction of sp³-hybridized carbons (Fsp3) is 0. The largest absolute Gasteiger partial charge is 0.450 e. The molecule has 0 fully saturated rings. The number of hydrogen-bond acceptors (Lipinski definition) is 1. The average Bonchev–Trinajstić information content (AvgIpc) is 2.59. The molecule has 2 aromatic carbocycles. The van der Waals surface area contributed by atoms with Crippen molar-refractivity contribution in [3.8, 4) is 0 Å². The van der Waals surface area contributed by atoms with E-state index >= 15 is 0 Å². The van der Waals surface area contributed by atoms with Gasteiger partial charge in [-0.25, -0.2) is 0 Å². The molecule has 68 valence electrons. The summed E-state index contributed by atoms with van der Waals surface area (Å²) in [6.45, 7) is 0. The summed E-state index contributed by atoms with van der Waals surface area (Å²) in [4.78, 5) is 0. The van der Waals surface area contributed by atoms with E-state index in [1.165, 1.54) is 0 Å². The van der Waals surface area contributed by atoms with Gasteiger partial charge in [0.25, 0.3) is 0 Å². The molecule has 1 heterocycles. The molecule has 0 aliphatic heterocycles. The molecule has 0 aliphatic carbocycles. The predicted octanol–water partition coefficient (Wildman–Crippen LogP) is 2.46. The van der Waals surface area contributed by atoms with Gasteiger partial charge >= 0.3 is 0 Å². The van der Waals surface area contributed by atoms with Crippen LogP contribution in [0.25, 0.3) is 21.9 Å². The van der Waals surface area contributed by atoms with Crippen molar-refractivity contribution in [2.45, 2.75) is 0 Å². The maximum atomic E-state index is 5.72. The van der Waals surface area contributed by atoms with Gasteiger partial charge in [-0.15, -0.1) is 0 Å². The van der Waals surface area contributed by atoms with Crippen molar-refractivity contribution >= 4 is 27.6 Å². The average molecular weight is 184 g/mol. The highest BCUT2D eigenvalue weighted by molar-refractivity contribution is 6.07. The standard InChI is InChI=1S/C12H9NO/c13-10-6-3-5-9-8-4-1-2-7-11(8)14-12(9)10/h1-7H,13H2/p+1. The van der Waals surface area contributed by atoms with Gasteiger partial charge in [-0.05, 0) is 6.07 Å². The van der Waals surface area contributed by atoms with Gasteiger partial charge in [0.15, 0.2) is 11.3 Å². The Morgan fingerprint density at radius 3 is 2.57 bits per heavy atom. The second-order valence-electron chi connectivity index (χ2n) is 3.39. The third-order valence-electron chi connectivity index (χ3n) is 2.49. The van der Waals surface area contributed by atoms with Crippen LogP contribution in [0.5, 0.6) is 0 Å². The Hall–Kier alpha value is -1.80. The third-order valence-corrected chi connectivity index (χ3v) is 2.49. The first-order valence-corrected chi connectivity index (χ1v) is 4.58. The number of fused-ring (bicyclic) bond motifs is 3. The summed E-state index contributed by atoms with van der Waals surface area (Å²) < 4.78 is 5.72. The van der Waals surface area contributed by atoms with Crippen molar-refractivity contribution < 1.29 is 10.2 Å². The Bertz CT molecular complexity index is 610. The maximum Gasteiger partial charge on any atom is 0.195 e. The van der Waals surface area contributed by atoms with E-state index in [-0.39, 0.29) is 0 Å². The van der Waals surface area contributed by atoms with Gasteiger partial charge < -0.3 is 10.2 Å². The maximum absolute atomic E-state index is 5.72. The van der Waals surface area contributed by atoms with Gasteiger partial charge in [-0.3, -0.25) is 0 Å². The highest BCUT2D eigenvalue weighted by atomic mass is 16.3. The lowest BCUT2D eigenvalue weighted by atomic mass is 10.1. The number of para-hydroxylation sites is 2. The molecule has 0 spiro atoms. The number of benzene rings is 2. The van der Waals surface area contributed by atoms with E-state index in [1.54, 1.807) is 0 Å². The van der Waals surface area contributed by atoms with Crippen molar-refractivity contribution in [2.75, 3.05) is 0 Å². The molecule has 0 saturated heterocycles. The Morgan fingerprint density at radius 2 is 1.64 bits per heavy atom. The molecule has 0 radical (unpaired) electrons. The zero-order valence-electron chi connectivity index (χ0n) is 7.66. The van der Waals surface area contributed by atoms with Gasteiger partial charge in [0.2, 0.25) is 0 Å². The van der Waals surface area contributed by atoms with E-state index in [4.69, 9.17) is 4.42 Å². The van der Waals surface area contributed by atoms with Crippen LogP contribution in [0.1, 0.15) is 0 Å². The van der Waals surface area contributed by atoms with E-state index in [1.807, 2.05) is 30.3 Å². The molecule has 2 nitrogen and oxygen atoms in total. The van der Waals surface area contributed by atoms with Crippen LogP contribution < -0.4 is 5.73 Å². The quantitative estimate of drug-likeness (QED) is 0.572. The van der Waals surface area contributed by atoms with Crippen LogP contribution in [0, 0.1) is 0 Å². The van der Waals surface area contributed by atoms with Crippen molar-refractivity contribution in [3.63, 3.8) is 0 Å². The van der Waals surface area contributed by atoms with Gasteiger partial charge in [0, 0.05) is 16.8 Å². The number of rotatable bonds is 0. The molecular formula is C12H10NO+. The molecule has 1 aromatic heterocycles.